The van der Waals surface area contributed by atoms with Crippen molar-refractivity contribution in [3.8, 4) is 5.75 Å². The van der Waals surface area contributed by atoms with E-state index in [9.17, 15) is 9.59 Å². The highest BCUT2D eigenvalue weighted by molar-refractivity contribution is 8.15. The number of amides is 2. The summed E-state index contributed by atoms with van der Waals surface area (Å²) in [5.41, 5.74) is 1.65. The van der Waals surface area contributed by atoms with E-state index in [2.05, 4.69) is 15.6 Å². The Morgan fingerprint density at radius 1 is 1.22 bits per heavy atom. The van der Waals surface area contributed by atoms with Gasteiger partial charge in [0.2, 0.25) is 11.8 Å². The smallest absolute Gasteiger partial charge is 0.240 e. The van der Waals surface area contributed by atoms with Crippen LogP contribution in [0.1, 0.15) is 24.9 Å². The van der Waals surface area contributed by atoms with Crippen LogP contribution in [-0.4, -0.2) is 29.3 Å². The zero-order valence-corrected chi connectivity index (χ0v) is 16.0. The van der Waals surface area contributed by atoms with Crippen LogP contribution in [0, 0.1) is 0 Å². The van der Waals surface area contributed by atoms with Gasteiger partial charge < -0.3 is 15.4 Å². The first-order valence-corrected chi connectivity index (χ1v) is 9.48. The van der Waals surface area contributed by atoms with Crippen molar-refractivity contribution in [2.45, 2.75) is 24.6 Å². The molecule has 6 nitrogen and oxygen atoms in total. The topological polar surface area (TPSA) is 79.8 Å². The summed E-state index contributed by atoms with van der Waals surface area (Å²) in [7, 11) is 1.54. The highest BCUT2D eigenvalue weighted by atomic mass is 32.2. The summed E-state index contributed by atoms with van der Waals surface area (Å²) in [5, 5.41) is 5.61. The third-order valence-corrected chi connectivity index (χ3v) is 5.22. The molecule has 2 aromatic rings. The maximum atomic E-state index is 12.3. The van der Waals surface area contributed by atoms with Gasteiger partial charge in [0.1, 0.15) is 11.0 Å². The zero-order chi connectivity index (χ0) is 19.2. The summed E-state index contributed by atoms with van der Waals surface area (Å²) in [6.07, 6.45) is 0.0628. The van der Waals surface area contributed by atoms with E-state index in [1.54, 1.807) is 19.2 Å². The van der Waals surface area contributed by atoms with E-state index in [1.165, 1.54) is 11.8 Å². The Morgan fingerprint density at radius 2 is 1.93 bits per heavy atom. The molecule has 3 rings (SSSR count). The van der Waals surface area contributed by atoms with Gasteiger partial charge in [0.05, 0.1) is 18.8 Å². The molecular formula is C20H21N3O3S. The minimum absolute atomic E-state index is 0.0628. The molecule has 2 aromatic carbocycles. The highest BCUT2D eigenvalue weighted by Gasteiger charge is 2.32. The average molecular weight is 383 g/mol. The van der Waals surface area contributed by atoms with Gasteiger partial charge in [-0.2, -0.15) is 0 Å². The van der Waals surface area contributed by atoms with E-state index >= 15 is 0 Å². The predicted molar refractivity (Wildman–Crippen MR) is 108 cm³/mol. The minimum Gasteiger partial charge on any atom is -0.495 e. The third-order valence-electron chi connectivity index (χ3n) is 4.12. The molecule has 0 spiro atoms. The first kappa shape index (κ1) is 19.0. The molecule has 0 saturated carbocycles. The summed E-state index contributed by atoms with van der Waals surface area (Å²) >= 11 is 1.29. The Kier molecular flexibility index (Phi) is 6.13. The summed E-state index contributed by atoms with van der Waals surface area (Å²) in [4.78, 5) is 29.1. The van der Waals surface area contributed by atoms with Crippen LogP contribution in [0.2, 0.25) is 0 Å². The Bertz CT molecular complexity index is 855. The number of aliphatic imine (C=N–C) groups is 1. The number of nitrogens with zero attached hydrogens (tertiary/aromatic N) is 1. The molecule has 1 aliphatic heterocycles. The SMILES string of the molecule is COc1ccccc1NC(=O)C[C@@H]1SC(=N[C@@H](C)c2ccccc2)NC1=O. The van der Waals surface area contributed by atoms with Crippen molar-refractivity contribution in [2.24, 2.45) is 4.99 Å². The number of hydrogen-bond acceptors (Lipinski definition) is 5. The number of thioether (sulfide) groups is 1. The molecule has 1 heterocycles. The Hall–Kier alpha value is -2.80. The lowest BCUT2D eigenvalue weighted by atomic mass is 10.1. The van der Waals surface area contributed by atoms with Crippen LogP contribution in [0.5, 0.6) is 5.75 Å². The van der Waals surface area contributed by atoms with E-state index in [0.717, 1.165) is 5.56 Å². The number of rotatable bonds is 6. The van der Waals surface area contributed by atoms with Crippen molar-refractivity contribution >= 4 is 34.4 Å². The molecule has 2 amide bonds. The minimum atomic E-state index is -0.499. The van der Waals surface area contributed by atoms with Gasteiger partial charge in [-0.15, -0.1) is 0 Å². The standard InChI is InChI=1S/C20H21N3O3S/c1-13(14-8-4-3-5-9-14)21-20-23-19(25)17(27-20)12-18(24)22-15-10-6-7-11-16(15)26-2/h3-11,13,17H,12H2,1-2H3,(H,22,24)(H,21,23,25)/t13-,17-/m0/s1. The second kappa shape index (κ2) is 8.73. The van der Waals surface area contributed by atoms with Gasteiger partial charge in [-0.25, -0.2) is 0 Å². The number of carbonyl (C=O) groups is 2. The fourth-order valence-electron chi connectivity index (χ4n) is 2.70. The van der Waals surface area contributed by atoms with Gasteiger partial charge >= 0.3 is 0 Å². The quantitative estimate of drug-likeness (QED) is 0.801. The first-order chi connectivity index (χ1) is 13.1. The molecule has 140 valence electrons. The number of carbonyl (C=O) groups excluding carboxylic acids is 2. The van der Waals surface area contributed by atoms with Crippen LogP contribution in [-0.2, 0) is 9.59 Å². The Balaban J connectivity index is 1.60. The fourth-order valence-corrected chi connectivity index (χ4v) is 3.75. The summed E-state index contributed by atoms with van der Waals surface area (Å²) < 4.78 is 5.22. The molecule has 0 bridgehead atoms. The second-order valence-electron chi connectivity index (χ2n) is 6.07. The van der Waals surface area contributed by atoms with Crippen molar-refractivity contribution in [1.82, 2.24) is 5.32 Å². The summed E-state index contributed by atoms with van der Waals surface area (Å²) in [6.45, 7) is 1.97. The van der Waals surface area contributed by atoms with Gasteiger partial charge in [-0.1, -0.05) is 54.2 Å². The van der Waals surface area contributed by atoms with Crippen molar-refractivity contribution < 1.29 is 14.3 Å². The van der Waals surface area contributed by atoms with E-state index < -0.39 is 5.25 Å². The molecule has 27 heavy (non-hydrogen) atoms. The largest absolute Gasteiger partial charge is 0.495 e. The highest BCUT2D eigenvalue weighted by Crippen LogP contribution is 2.27. The number of para-hydroxylation sites is 2. The fraction of sp³-hybridized carbons (Fsp3) is 0.250. The number of amidine groups is 1. The number of nitrogens with one attached hydrogen (secondary N) is 2. The Labute approximate surface area is 162 Å². The van der Waals surface area contributed by atoms with Crippen LogP contribution >= 0.6 is 11.8 Å². The monoisotopic (exact) mass is 383 g/mol. The Morgan fingerprint density at radius 3 is 2.67 bits per heavy atom. The van der Waals surface area contributed by atoms with E-state index in [4.69, 9.17) is 4.74 Å². The van der Waals surface area contributed by atoms with Crippen molar-refractivity contribution in [1.29, 1.82) is 0 Å². The molecule has 2 atom stereocenters. The molecule has 7 heteroatoms. The van der Waals surface area contributed by atoms with Gasteiger partial charge in [-0.3, -0.25) is 14.6 Å². The van der Waals surface area contributed by atoms with E-state index in [1.807, 2.05) is 49.4 Å². The number of ether oxygens (including phenoxy) is 1. The number of hydrogen-bond donors (Lipinski definition) is 2. The van der Waals surface area contributed by atoms with Crippen LogP contribution in [0.3, 0.4) is 0 Å². The molecule has 1 aliphatic rings. The number of benzene rings is 2. The molecular weight excluding hydrogens is 362 g/mol. The van der Waals surface area contributed by atoms with Crippen molar-refractivity contribution in [3.63, 3.8) is 0 Å². The maximum absolute atomic E-state index is 12.3. The first-order valence-electron chi connectivity index (χ1n) is 8.60. The second-order valence-corrected chi connectivity index (χ2v) is 7.26. The third kappa shape index (κ3) is 4.89. The van der Waals surface area contributed by atoms with Gasteiger partial charge in [0.15, 0.2) is 5.17 Å². The molecule has 0 aromatic heterocycles. The van der Waals surface area contributed by atoms with Crippen LogP contribution in [0.25, 0.3) is 0 Å². The van der Waals surface area contributed by atoms with Gasteiger partial charge in [0, 0.05) is 6.42 Å². The average Bonchev–Trinajstić information content (AvgIpc) is 3.01. The van der Waals surface area contributed by atoms with Crippen molar-refractivity contribution in [2.75, 3.05) is 12.4 Å². The van der Waals surface area contributed by atoms with Crippen LogP contribution in [0.15, 0.2) is 59.6 Å². The van der Waals surface area contributed by atoms with Gasteiger partial charge in [0.25, 0.3) is 0 Å². The van der Waals surface area contributed by atoms with Gasteiger partial charge in [-0.05, 0) is 24.6 Å². The molecule has 0 unspecified atom stereocenters. The lowest BCUT2D eigenvalue weighted by Crippen LogP contribution is -2.28. The molecule has 0 radical (unpaired) electrons. The number of methoxy groups -OCH3 is 1. The molecule has 1 saturated heterocycles. The normalized spacial score (nSPS) is 18.8. The summed E-state index contributed by atoms with van der Waals surface area (Å²) in [5.74, 6) is 0.131. The lowest BCUT2D eigenvalue weighted by molar-refractivity contribution is -0.122. The zero-order valence-electron chi connectivity index (χ0n) is 15.1. The maximum Gasteiger partial charge on any atom is 0.240 e. The molecule has 2 N–H and O–H groups in total. The lowest BCUT2D eigenvalue weighted by Gasteiger charge is -2.11. The van der Waals surface area contributed by atoms with E-state index in [0.29, 0.717) is 16.6 Å². The molecule has 1 fully saturated rings. The van der Waals surface area contributed by atoms with Crippen LogP contribution < -0.4 is 15.4 Å². The molecule has 0 aliphatic carbocycles. The summed E-state index contributed by atoms with van der Waals surface area (Å²) in [6, 6.07) is 16.9. The number of anilines is 1. The van der Waals surface area contributed by atoms with E-state index in [-0.39, 0.29) is 24.3 Å². The van der Waals surface area contributed by atoms with Crippen molar-refractivity contribution in [3.05, 3.63) is 60.2 Å². The predicted octanol–water partition coefficient (Wildman–Crippen LogP) is 3.37. The van der Waals surface area contributed by atoms with Crippen LogP contribution in [0.4, 0.5) is 5.69 Å².